The minimum atomic E-state index is 0.228. The summed E-state index contributed by atoms with van der Waals surface area (Å²) >= 11 is 0. The average molecular weight is 226 g/mol. The Morgan fingerprint density at radius 2 is 2.06 bits per heavy atom. The van der Waals surface area contributed by atoms with Gasteiger partial charge in [0.1, 0.15) is 0 Å². The molecular weight excluding hydrogens is 212 g/mol. The zero-order chi connectivity index (χ0) is 11.8. The molecule has 0 spiro atoms. The van der Waals surface area contributed by atoms with Gasteiger partial charge in [0.2, 0.25) is 0 Å². The maximum atomic E-state index is 11.8. The van der Waals surface area contributed by atoms with Gasteiger partial charge in [0.25, 0.3) is 0 Å². The molecule has 0 unspecified atom stereocenters. The summed E-state index contributed by atoms with van der Waals surface area (Å²) in [5, 5.41) is 4.38. The molecule has 3 rings (SSSR count). The van der Waals surface area contributed by atoms with Crippen LogP contribution < -0.4 is 0 Å². The second kappa shape index (κ2) is 3.84. The quantitative estimate of drug-likeness (QED) is 0.749. The van der Waals surface area contributed by atoms with Gasteiger partial charge in [0.15, 0.2) is 5.78 Å². The summed E-state index contributed by atoms with van der Waals surface area (Å²) in [6.45, 7) is 2.06. The van der Waals surface area contributed by atoms with Crippen LogP contribution in [-0.4, -0.2) is 15.6 Å². The average Bonchev–Trinajstić information content (AvgIpc) is 2.75. The number of Topliss-reactive ketones (excluding diaryl/α,β-unsaturated/α-hetero) is 1. The van der Waals surface area contributed by atoms with Crippen LogP contribution in [0.1, 0.15) is 34.5 Å². The maximum absolute atomic E-state index is 11.8. The highest BCUT2D eigenvalue weighted by molar-refractivity contribution is 5.98. The number of ketones is 1. The molecule has 3 nitrogen and oxygen atoms in total. The third kappa shape index (κ3) is 1.58. The van der Waals surface area contributed by atoms with E-state index in [1.807, 2.05) is 22.9 Å². The van der Waals surface area contributed by atoms with Gasteiger partial charge in [-0.05, 0) is 31.4 Å². The Labute approximate surface area is 100 Å². The number of aryl methyl sites for hydroxylation is 1. The van der Waals surface area contributed by atoms with Gasteiger partial charge in [0, 0.05) is 6.42 Å². The van der Waals surface area contributed by atoms with E-state index in [2.05, 4.69) is 18.1 Å². The van der Waals surface area contributed by atoms with Crippen LogP contribution in [0.15, 0.2) is 30.5 Å². The Morgan fingerprint density at radius 1 is 1.24 bits per heavy atom. The number of hydrogen-bond acceptors (Lipinski definition) is 2. The van der Waals surface area contributed by atoms with E-state index >= 15 is 0 Å². The molecule has 0 aliphatic heterocycles. The van der Waals surface area contributed by atoms with Crippen LogP contribution in [0.2, 0.25) is 0 Å². The molecule has 1 aromatic carbocycles. The van der Waals surface area contributed by atoms with Crippen molar-refractivity contribution in [3.05, 3.63) is 47.3 Å². The lowest BCUT2D eigenvalue weighted by Gasteiger charge is -2.14. The molecule has 0 bridgehead atoms. The molecule has 3 heteroatoms. The summed E-state index contributed by atoms with van der Waals surface area (Å²) in [7, 11) is 0. The SMILES string of the molecule is Cc1ccccc1-n1ncc2c1CCCC2=O. The third-order valence-corrected chi connectivity index (χ3v) is 3.33. The summed E-state index contributed by atoms with van der Waals surface area (Å²) in [4.78, 5) is 11.8. The number of carbonyl (C=O) groups is 1. The Kier molecular flexibility index (Phi) is 2.32. The largest absolute Gasteiger partial charge is 0.294 e. The van der Waals surface area contributed by atoms with Gasteiger partial charge in [-0.3, -0.25) is 4.79 Å². The number of hydrogen-bond donors (Lipinski definition) is 0. The molecule has 0 saturated heterocycles. The van der Waals surface area contributed by atoms with Crippen molar-refractivity contribution in [3.63, 3.8) is 0 Å². The van der Waals surface area contributed by atoms with Crippen molar-refractivity contribution in [2.24, 2.45) is 0 Å². The summed E-state index contributed by atoms with van der Waals surface area (Å²) in [5.41, 5.74) is 4.12. The first-order valence-electron chi connectivity index (χ1n) is 5.93. The molecule has 2 aromatic rings. The van der Waals surface area contributed by atoms with Crippen LogP contribution >= 0.6 is 0 Å². The van der Waals surface area contributed by atoms with Crippen molar-refractivity contribution >= 4 is 5.78 Å². The maximum Gasteiger partial charge on any atom is 0.166 e. The fourth-order valence-corrected chi connectivity index (χ4v) is 2.41. The number of nitrogens with zero attached hydrogens (tertiary/aromatic N) is 2. The first kappa shape index (κ1) is 10.3. The minimum Gasteiger partial charge on any atom is -0.294 e. The molecule has 0 fully saturated rings. The monoisotopic (exact) mass is 226 g/mol. The number of aromatic nitrogens is 2. The van der Waals surface area contributed by atoms with Crippen molar-refractivity contribution in [1.82, 2.24) is 9.78 Å². The highest BCUT2D eigenvalue weighted by Crippen LogP contribution is 2.24. The zero-order valence-corrected chi connectivity index (χ0v) is 9.81. The summed E-state index contributed by atoms with van der Waals surface area (Å²) in [6, 6.07) is 8.12. The van der Waals surface area contributed by atoms with E-state index in [0.717, 1.165) is 29.8 Å². The van der Waals surface area contributed by atoms with Gasteiger partial charge in [0.05, 0.1) is 23.1 Å². The summed E-state index contributed by atoms with van der Waals surface area (Å²) in [5.74, 6) is 0.228. The number of para-hydroxylation sites is 1. The molecule has 0 saturated carbocycles. The van der Waals surface area contributed by atoms with E-state index in [-0.39, 0.29) is 5.78 Å². The molecule has 1 aliphatic rings. The Balaban J connectivity index is 2.17. The highest BCUT2D eigenvalue weighted by atomic mass is 16.1. The lowest BCUT2D eigenvalue weighted by molar-refractivity contribution is 0.0972. The van der Waals surface area contributed by atoms with Gasteiger partial charge in [-0.25, -0.2) is 4.68 Å². The smallest absolute Gasteiger partial charge is 0.166 e. The topological polar surface area (TPSA) is 34.9 Å². The Hall–Kier alpha value is -1.90. The van der Waals surface area contributed by atoms with Crippen LogP contribution in [0, 0.1) is 6.92 Å². The Morgan fingerprint density at radius 3 is 2.88 bits per heavy atom. The Bertz CT molecular complexity index is 584. The molecule has 1 aromatic heterocycles. The number of carbonyl (C=O) groups excluding carboxylic acids is 1. The number of fused-ring (bicyclic) bond motifs is 1. The first-order valence-corrected chi connectivity index (χ1v) is 5.93. The van der Waals surface area contributed by atoms with Crippen LogP contribution in [-0.2, 0) is 6.42 Å². The highest BCUT2D eigenvalue weighted by Gasteiger charge is 2.22. The lowest BCUT2D eigenvalue weighted by atomic mass is 9.97. The fraction of sp³-hybridized carbons (Fsp3) is 0.286. The predicted octanol–water partition coefficient (Wildman–Crippen LogP) is 2.70. The normalized spacial score (nSPS) is 14.8. The van der Waals surface area contributed by atoms with E-state index < -0.39 is 0 Å². The molecule has 1 aliphatic carbocycles. The van der Waals surface area contributed by atoms with E-state index in [9.17, 15) is 4.79 Å². The second-order valence-corrected chi connectivity index (χ2v) is 4.48. The predicted molar refractivity (Wildman–Crippen MR) is 65.6 cm³/mol. The van der Waals surface area contributed by atoms with E-state index in [4.69, 9.17) is 0 Å². The van der Waals surface area contributed by atoms with Gasteiger partial charge in [-0.1, -0.05) is 18.2 Å². The molecule has 86 valence electrons. The van der Waals surface area contributed by atoms with Crippen molar-refractivity contribution in [2.75, 3.05) is 0 Å². The minimum absolute atomic E-state index is 0.228. The van der Waals surface area contributed by atoms with Crippen LogP contribution in [0.3, 0.4) is 0 Å². The van der Waals surface area contributed by atoms with E-state index in [1.165, 1.54) is 5.56 Å². The first-order chi connectivity index (χ1) is 8.27. The molecule has 0 amide bonds. The lowest BCUT2D eigenvalue weighted by Crippen LogP contribution is -2.13. The van der Waals surface area contributed by atoms with Crippen molar-refractivity contribution < 1.29 is 4.79 Å². The van der Waals surface area contributed by atoms with Gasteiger partial charge in [-0.2, -0.15) is 5.10 Å². The number of benzene rings is 1. The van der Waals surface area contributed by atoms with Crippen molar-refractivity contribution in [1.29, 1.82) is 0 Å². The third-order valence-electron chi connectivity index (χ3n) is 3.33. The molecule has 0 radical (unpaired) electrons. The molecule has 17 heavy (non-hydrogen) atoms. The van der Waals surface area contributed by atoms with Crippen molar-refractivity contribution in [2.45, 2.75) is 26.2 Å². The van der Waals surface area contributed by atoms with Crippen LogP contribution in [0.5, 0.6) is 0 Å². The fourth-order valence-electron chi connectivity index (χ4n) is 2.41. The molecule has 0 atom stereocenters. The van der Waals surface area contributed by atoms with Crippen LogP contribution in [0.25, 0.3) is 5.69 Å². The molecular formula is C14H14N2O. The van der Waals surface area contributed by atoms with Gasteiger partial charge >= 0.3 is 0 Å². The number of rotatable bonds is 1. The standard InChI is InChI=1S/C14H14N2O/c1-10-5-2-3-6-12(10)16-13-7-4-8-14(17)11(13)9-15-16/h2-3,5-6,9H,4,7-8H2,1H3. The van der Waals surface area contributed by atoms with Gasteiger partial charge in [-0.15, -0.1) is 0 Å². The zero-order valence-electron chi connectivity index (χ0n) is 9.81. The summed E-state index contributed by atoms with van der Waals surface area (Å²) in [6.07, 6.45) is 4.24. The second-order valence-electron chi connectivity index (χ2n) is 4.48. The molecule has 1 heterocycles. The molecule has 0 N–H and O–H groups in total. The van der Waals surface area contributed by atoms with E-state index in [1.54, 1.807) is 6.20 Å². The summed E-state index contributed by atoms with van der Waals surface area (Å²) < 4.78 is 1.92. The van der Waals surface area contributed by atoms with Crippen LogP contribution in [0.4, 0.5) is 0 Å². The van der Waals surface area contributed by atoms with E-state index in [0.29, 0.717) is 6.42 Å². The van der Waals surface area contributed by atoms with Crippen molar-refractivity contribution in [3.8, 4) is 5.69 Å². The van der Waals surface area contributed by atoms with Gasteiger partial charge < -0.3 is 0 Å².